The smallest absolute Gasteiger partial charge is 0.126 e. The Morgan fingerprint density at radius 3 is 2.56 bits per heavy atom. The maximum Gasteiger partial charge on any atom is 0.126 e. The maximum atomic E-state index is 9.52. The molecule has 1 aliphatic carbocycles. The standard InChI is InChI=1S/C13H18O3/c1-8(14)11-7-12(11)10-5-4-9(15-2)6-13(10)16-3/h4-6,8,11-12,14H,7H2,1-3H3/t8-,11+,12-/m1/s1. The number of ether oxygens (including phenoxy) is 2. The molecule has 2 rings (SSSR count). The van der Waals surface area contributed by atoms with E-state index in [1.165, 1.54) is 5.56 Å². The van der Waals surface area contributed by atoms with Crippen molar-refractivity contribution in [3.8, 4) is 11.5 Å². The topological polar surface area (TPSA) is 38.7 Å². The van der Waals surface area contributed by atoms with Crippen LogP contribution in [0.5, 0.6) is 11.5 Å². The lowest BCUT2D eigenvalue weighted by Crippen LogP contribution is -2.04. The fourth-order valence-electron chi connectivity index (χ4n) is 2.23. The molecular formula is C13H18O3. The molecule has 88 valence electrons. The number of aliphatic hydroxyl groups excluding tert-OH is 1. The van der Waals surface area contributed by atoms with E-state index in [0.717, 1.165) is 17.9 Å². The normalized spacial score (nSPS) is 25.0. The van der Waals surface area contributed by atoms with E-state index >= 15 is 0 Å². The molecule has 1 aliphatic rings. The quantitative estimate of drug-likeness (QED) is 0.848. The van der Waals surface area contributed by atoms with Crippen molar-refractivity contribution in [2.24, 2.45) is 5.92 Å². The van der Waals surface area contributed by atoms with Crippen molar-refractivity contribution in [3.63, 3.8) is 0 Å². The van der Waals surface area contributed by atoms with Crippen LogP contribution >= 0.6 is 0 Å². The third-order valence-electron chi connectivity index (χ3n) is 3.30. The highest BCUT2D eigenvalue weighted by Crippen LogP contribution is 2.52. The van der Waals surface area contributed by atoms with Crippen molar-refractivity contribution < 1.29 is 14.6 Å². The van der Waals surface area contributed by atoms with Gasteiger partial charge in [0.2, 0.25) is 0 Å². The lowest BCUT2D eigenvalue weighted by Gasteiger charge is -2.10. The van der Waals surface area contributed by atoms with Crippen molar-refractivity contribution in [1.29, 1.82) is 0 Å². The summed E-state index contributed by atoms with van der Waals surface area (Å²) in [4.78, 5) is 0. The molecule has 0 amide bonds. The molecule has 1 fully saturated rings. The summed E-state index contributed by atoms with van der Waals surface area (Å²) in [6.07, 6.45) is 0.803. The van der Waals surface area contributed by atoms with Gasteiger partial charge in [0, 0.05) is 6.07 Å². The van der Waals surface area contributed by atoms with Gasteiger partial charge in [-0.05, 0) is 36.8 Å². The van der Waals surface area contributed by atoms with E-state index in [0.29, 0.717) is 11.8 Å². The van der Waals surface area contributed by atoms with Crippen molar-refractivity contribution in [2.45, 2.75) is 25.4 Å². The first-order valence-electron chi connectivity index (χ1n) is 5.57. The van der Waals surface area contributed by atoms with Crippen LogP contribution in [0.3, 0.4) is 0 Å². The molecule has 16 heavy (non-hydrogen) atoms. The molecule has 0 bridgehead atoms. The highest BCUT2D eigenvalue weighted by Gasteiger charge is 2.42. The van der Waals surface area contributed by atoms with Crippen molar-refractivity contribution >= 4 is 0 Å². The Kier molecular flexibility index (Phi) is 3.06. The highest BCUT2D eigenvalue weighted by atomic mass is 16.5. The summed E-state index contributed by atoms with van der Waals surface area (Å²) < 4.78 is 10.5. The molecule has 0 spiro atoms. The molecule has 1 N–H and O–H groups in total. The fraction of sp³-hybridized carbons (Fsp3) is 0.538. The van der Waals surface area contributed by atoms with Gasteiger partial charge < -0.3 is 14.6 Å². The van der Waals surface area contributed by atoms with Crippen LogP contribution in [0.2, 0.25) is 0 Å². The fourth-order valence-corrected chi connectivity index (χ4v) is 2.23. The van der Waals surface area contributed by atoms with Crippen molar-refractivity contribution in [1.82, 2.24) is 0 Å². The summed E-state index contributed by atoms with van der Waals surface area (Å²) in [5.74, 6) is 2.46. The summed E-state index contributed by atoms with van der Waals surface area (Å²) in [5.41, 5.74) is 1.18. The molecule has 3 atom stereocenters. The summed E-state index contributed by atoms with van der Waals surface area (Å²) in [7, 11) is 3.31. The van der Waals surface area contributed by atoms with Crippen molar-refractivity contribution in [3.05, 3.63) is 23.8 Å². The van der Waals surface area contributed by atoms with Crippen LogP contribution in [0.25, 0.3) is 0 Å². The van der Waals surface area contributed by atoms with Gasteiger partial charge in [-0.2, -0.15) is 0 Å². The average Bonchev–Trinajstić information content (AvgIpc) is 3.08. The number of methoxy groups -OCH3 is 2. The number of aliphatic hydroxyl groups is 1. The van der Waals surface area contributed by atoms with E-state index in [1.807, 2.05) is 25.1 Å². The summed E-state index contributed by atoms with van der Waals surface area (Å²) >= 11 is 0. The van der Waals surface area contributed by atoms with Gasteiger partial charge in [-0.15, -0.1) is 0 Å². The van der Waals surface area contributed by atoms with Crippen LogP contribution in [-0.2, 0) is 0 Å². The number of rotatable bonds is 4. The van der Waals surface area contributed by atoms with E-state index < -0.39 is 0 Å². The first-order chi connectivity index (χ1) is 7.67. The molecule has 3 heteroatoms. The van der Waals surface area contributed by atoms with Gasteiger partial charge in [-0.1, -0.05) is 6.07 Å². The Balaban J connectivity index is 2.22. The molecule has 0 unspecified atom stereocenters. The van der Waals surface area contributed by atoms with E-state index in [4.69, 9.17) is 9.47 Å². The maximum absolute atomic E-state index is 9.52. The Morgan fingerprint density at radius 2 is 2.06 bits per heavy atom. The lowest BCUT2D eigenvalue weighted by atomic mass is 10.1. The number of hydrogen-bond acceptors (Lipinski definition) is 3. The van der Waals surface area contributed by atoms with Crippen LogP contribution in [0.15, 0.2) is 18.2 Å². The van der Waals surface area contributed by atoms with Crippen LogP contribution < -0.4 is 9.47 Å². The predicted octanol–water partition coefficient (Wildman–Crippen LogP) is 2.19. The average molecular weight is 222 g/mol. The van der Waals surface area contributed by atoms with Gasteiger partial charge in [-0.25, -0.2) is 0 Å². The largest absolute Gasteiger partial charge is 0.497 e. The van der Waals surface area contributed by atoms with E-state index in [2.05, 4.69) is 0 Å². The van der Waals surface area contributed by atoms with Crippen molar-refractivity contribution in [2.75, 3.05) is 14.2 Å². The molecular weight excluding hydrogens is 204 g/mol. The molecule has 0 radical (unpaired) electrons. The van der Waals surface area contributed by atoms with Crippen LogP contribution in [0.4, 0.5) is 0 Å². The molecule has 0 saturated heterocycles. The van der Waals surface area contributed by atoms with Crippen LogP contribution in [0, 0.1) is 5.92 Å². The zero-order valence-electron chi connectivity index (χ0n) is 9.93. The monoisotopic (exact) mass is 222 g/mol. The molecule has 1 aromatic carbocycles. The van der Waals surface area contributed by atoms with Gasteiger partial charge in [0.25, 0.3) is 0 Å². The molecule has 1 saturated carbocycles. The zero-order chi connectivity index (χ0) is 11.7. The third kappa shape index (κ3) is 2.00. The Bertz CT molecular complexity index is 373. The second-order valence-electron chi connectivity index (χ2n) is 4.35. The Labute approximate surface area is 96.0 Å². The third-order valence-corrected chi connectivity index (χ3v) is 3.30. The number of benzene rings is 1. The first-order valence-corrected chi connectivity index (χ1v) is 5.57. The highest BCUT2D eigenvalue weighted by molar-refractivity contribution is 5.45. The van der Waals surface area contributed by atoms with Gasteiger partial charge in [0.05, 0.1) is 20.3 Å². The minimum Gasteiger partial charge on any atom is -0.497 e. The van der Waals surface area contributed by atoms with E-state index in [9.17, 15) is 5.11 Å². The summed E-state index contributed by atoms with van der Waals surface area (Å²) in [6.45, 7) is 1.85. The SMILES string of the molecule is COc1ccc([C@H]2C[C@H]2[C@@H](C)O)c(OC)c1. The zero-order valence-corrected chi connectivity index (χ0v) is 9.93. The Hall–Kier alpha value is -1.22. The summed E-state index contributed by atoms with van der Waals surface area (Å²) in [6, 6.07) is 5.87. The second kappa shape index (κ2) is 4.34. The van der Waals surface area contributed by atoms with Crippen LogP contribution in [-0.4, -0.2) is 25.4 Å². The molecule has 0 aromatic heterocycles. The molecule has 1 aromatic rings. The lowest BCUT2D eigenvalue weighted by molar-refractivity contribution is 0.168. The minimum absolute atomic E-state index is 0.239. The minimum atomic E-state index is -0.239. The number of hydrogen-bond donors (Lipinski definition) is 1. The molecule has 0 heterocycles. The summed E-state index contributed by atoms with van der Waals surface area (Å²) in [5, 5.41) is 9.52. The van der Waals surface area contributed by atoms with Gasteiger partial charge in [0.1, 0.15) is 11.5 Å². The molecule has 3 nitrogen and oxygen atoms in total. The van der Waals surface area contributed by atoms with Gasteiger partial charge in [-0.3, -0.25) is 0 Å². The predicted molar refractivity (Wildman–Crippen MR) is 62.1 cm³/mol. The van der Waals surface area contributed by atoms with Gasteiger partial charge in [0.15, 0.2) is 0 Å². The van der Waals surface area contributed by atoms with E-state index in [-0.39, 0.29) is 6.10 Å². The second-order valence-corrected chi connectivity index (χ2v) is 4.35. The van der Waals surface area contributed by atoms with E-state index in [1.54, 1.807) is 14.2 Å². The van der Waals surface area contributed by atoms with Gasteiger partial charge >= 0.3 is 0 Å². The Morgan fingerprint density at radius 1 is 1.31 bits per heavy atom. The molecule has 0 aliphatic heterocycles. The first kappa shape index (κ1) is 11.3. The van der Waals surface area contributed by atoms with Crippen LogP contribution in [0.1, 0.15) is 24.8 Å².